The Balaban J connectivity index is 1.35. The van der Waals surface area contributed by atoms with E-state index in [1.165, 1.54) is 16.2 Å². The molecule has 7 nitrogen and oxygen atoms in total. The predicted molar refractivity (Wildman–Crippen MR) is 139 cm³/mol. The number of aliphatic hydroxyl groups is 1. The van der Waals surface area contributed by atoms with Gasteiger partial charge in [-0.1, -0.05) is 36.4 Å². The Bertz CT molecular complexity index is 1240. The number of piperidine rings is 1. The van der Waals surface area contributed by atoms with Crippen LogP contribution in [0.5, 0.6) is 0 Å². The van der Waals surface area contributed by atoms with E-state index in [-0.39, 0.29) is 43.3 Å². The number of hydrogen-bond acceptors (Lipinski definition) is 6. The van der Waals surface area contributed by atoms with E-state index in [1.54, 1.807) is 11.0 Å². The highest BCUT2D eigenvalue weighted by Gasteiger charge is 2.39. The van der Waals surface area contributed by atoms with Crippen LogP contribution in [-0.2, 0) is 17.9 Å². The lowest BCUT2D eigenvalue weighted by Crippen LogP contribution is -2.45. The quantitative estimate of drug-likeness (QED) is 0.473. The number of aliphatic hydroxyl groups excluding tert-OH is 1. The smallest absolute Gasteiger partial charge is 0.263 e. The van der Waals surface area contributed by atoms with Gasteiger partial charge in [-0.25, -0.2) is 0 Å². The first kappa shape index (κ1) is 24.2. The second-order valence-corrected chi connectivity index (χ2v) is 10.1. The van der Waals surface area contributed by atoms with Crippen LogP contribution < -0.4 is 4.90 Å². The highest BCUT2D eigenvalue weighted by atomic mass is 32.1. The first-order chi connectivity index (χ1) is 17.6. The molecule has 3 amide bonds. The number of rotatable bonds is 8. The summed E-state index contributed by atoms with van der Waals surface area (Å²) in [5.41, 5.74) is 3.52. The van der Waals surface area contributed by atoms with E-state index in [0.29, 0.717) is 36.4 Å². The van der Waals surface area contributed by atoms with Crippen LogP contribution in [0.4, 0.5) is 5.69 Å². The molecule has 8 heteroatoms. The molecule has 0 spiro atoms. The summed E-state index contributed by atoms with van der Waals surface area (Å²) in [5.74, 6) is -0.799. The van der Waals surface area contributed by atoms with Crippen molar-refractivity contribution >= 4 is 34.7 Å². The number of carbonyl (C=O) groups is 3. The molecule has 1 aromatic heterocycles. The fourth-order valence-corrected chi connectivity index (χ4v) is 5.80. The third-order valence-electron chi connectivity index (χ3n) is 6.91. The van der Waals surface area contributed by atoms with Crippen molar-refractivity contribution in [3.8, 4) is 0 Å². The molecule has 186 valence electrons. The maximum atomic E-state index is 13.5. The highest BCUT2D eigenvalue weighted by molar-refractivity contribution is 7.07. The third kappa shape index (κ3) is 4.79. The Morgan fingerprint density at radius 3 is 2.61 bits per heavy atom. The lowest BCUT2D eigenvalue weighted by atomic mass is 9.94. The van der Waals surface area contributed by atoms with E-state index in [9.17, 15) is 19.5 Å². The Labute approximate surface area is 214 Å². The minimum absolute atomic E-state index is 0.00617. The van der Waals surface area contributed by atoms with Gasteiger partial charge in [0.15, 0.2) is 0 Å². The van der Waals surface area contributed by atoms with Gasteiger partial charge in [0, 0.05) is 26.2 Å². The fraction of sp³-hybridized carbons (Fsp3) is 0.321. The van der Waals surface area contributed by atoms with Gasteiger partial charge < -0.3 is 14.9 Å². The molecule has 0 saturated carbocycles. The Morgan fingerprint density at radius 2 is 1.86 bits per heavy atom. The summed E-state index contributed by atoms with van der Waals surface area (Å²) in [7, 11) is 0. The first-order valence-corrected chi connectivity index (χ1v) is 13.2. The molecule has 0 radical (unpaired) electrons. The van der Waals surface area contributed by atoms with Gasteiger partial charge in [0.1, 0.15) is 0 Å². The van der Waals surface area contributed by atoms with Crippen LogP contribution in [0.15, 0.2) is 65.4 Å². The first-order valence-electron chi connectivity index (χ1n) is 12.3. The van der Waals surface area contributed by atoms with E-state index in [0.717, 1.165) is 24.0 Å². The highest BCUT2D eigenvalue weighted by Crippen LogP contribution is 2.35. The molecule has 2 aliphatic heterocycles. The summed E-state index contributed by atoms with van der Waals surface area (Å²) in [5, 5.41) is 13.5. The Kier molecular flexibility index (Phi) is 7.16. The van der Waals surface area contributed by atoms with Crippen LogP contribution in [-0.4, -0.2) is 58.9 Å². The molecule has 2 aliphatic rings. The summed E-state index contributed by atoms with van der Waals surface area (Å²) in [6.07, 6.45) is 1.55. The van der Waals surface area contributed by atoms with E-state index >= 15 is 0 Å². The number of benzene rings is 2. The van der Waals surface area contributed by atoms with Gasteiger partial charge in [-0.2, -0.15) is 11.3 Å². The average Bonchev–Trinajstić information content (AvgIpc) is 3.51. The topological polar surface area (TPSA) is 81.2 Å². The predicted octanol–water partition coefficient (Wildman–Crippen LogP) is 3.78. The Morgan fingerprint density at radius 1 is 1.03 bits per heavy atom. The number of imide groups is 1. The summed E-state index contributed by atoms with van der Waals surface area (Å²) >= 11 is 1.54. The zero-order chi connectivity index (χ0) is 25.1. The van der Waals surface area contributed by atoms with Crippen molar-refractivity contribution in [2.75, 3.05) is 31.1 Å². The third-order valence-corrected chi connectivity index (χ3v) is 7.64. The molecule has 0 aliphatic carbocycles. The monoisotopic (exact) mass is 503 g/mol. The number of anilines is 1. The summed E-state index contributed by atoms with van der Waals surface area (Å²) in [6, 6.07) is 17.1. The SMILES string of the molecule is O=C(C1CCCN(c2cccc3c2C(=O)N(Cc2ccsc2)C3=O)C1)N(CCO)Cc1ccccc1. The van der Waals surface area contributed by atoms with Crippen LogP contribution in [0.25, 0.3) is 0 Å². The molecule has 1 N–H and O–H groups in total. The molecule has 1 fully saturated rings. The summed E-state index contributed by atoms with van der Waals surface area (Å²) < 4.78 is 0. The molecular weight excluding hydrogens is 474 g/mol. The van der Waals surface area contributed by atoms with Crippen LogP contribution >= 0.6 is 11.3 Å². The fourth-order valence-electron chi connectivity index (χ4n) is 5.14. The average molecular weight is 504 g/mol. The molecule has 0 bridgehead atoms. The molecular formula is C28H29N3O4S. The van der Waals surface area contributed by atoms with Gasteiger partial charge in [-0.3, -0.25) is 19.3 Å². The molecule has 1 unspecified atom stereocenters. The van der Waals surface area contributed by atoms with E-state index < -0.39 is 0 Å². The molecule has 1 saturated heterocycles. The van der Waals surface area contributed by atoms with Crippen molar-refractivity contribution in [3.05, 3.63) is 87.6 Å². The second kappa shape index (κ2) is 10.6. The van der Waals surface area contributed by atoms with Crippen molar-refractivity contribution in [2.45, 2.75) is 25.9 Å². The molecule has 1 atom stereocenters. The molecule has 3 aromatic rings. The number of fused-ring (bicyclic) bond motifs is 1. The van der Waals surface area contributed by atoms with Crippen molar-refractivity contribution in [1.82, 2.24) is 9.80 Å². The number of thiophene rings is 1. The normalized spacial score (nSPS) is 17.4. The van der Waals surface area contributed by atoms with Crippen LogP contribution in [0.3, 0.4) is 0 Å². The van der Waals surface area contributed by atoms with Gasteiger partial charge in [-0.15, -0.1) is 0 Å². The number of hydrogen-bond donors (Lipinski definition) is 1. The van der Waals surface area contributed by atoms with Gasteiger partial charge in [-0.05, 0) is 52.9 Å². The van der Waals surface area contributed by atoms with Gasteiger partial charge >= 0.3 is 0 Å². The maximum absolute atomic E-state index is 13.5. The van der Waals surface area contributed by atoms with Gasteiger partial charge in [0.05, 0.1) is 35.9 Å². The zero-order valence-corrected chi connectivity index (χ0v) is 20.8. The summed E-state index contributed by atoms with van der Waals surface area (Å²) in [6.45, 7) is 2.06. The second-order valence-electron chi connectivity index (χ2n) is 9.28. The number of nitrogens with zero attached hydrogens (tertiary/aromatic N) is 3. The van der Waals surface area contributed by atoms with Gasteiger partial charge in [0.25, 0.3) is 11.8 Å². The lowest BCUT2D eigenvalue weighted by molar-refractivity contribution is -0.137. The largest absolute Gasteiger partial charge is 0.395 e. The van der Waals surface area contributed by atoms with E-state index in [2.05, 4.69) is 4.90 Å². The van der Waals surface area contributed by atoms with Crippen molar-refractivity contribution < 1.29 is 19.5 Å². The number of carbonyl (C=O) groups excluding carboxylic acids is 3. The lowest BCUT2D eigenvalue weighted by Gasteiger charge is -2.36. The molecule has 36 heavy (non-hydrogen) atoms. The minimum atomic E-state index is -0.281. The molecule has 5 rings (SSSR count). The standard InChI is InChI=1S/C28H29N3O4S/c32-14-13-30(16-20-6-2-1-3-7-20)26(33)22-8-5-12-29(18-22)24-10-4-9-23-25(24)28(35)31(27(23)34)17-21-11-15-36-19-21/h1-4,6-7,9-11,15,19,22,32H,5,8,12-14,16-18H2. The van der Waals surface area contributed by atoms with Crippen LogP contribution in [0, 0.1) is 5.92 Å². The Hall–Kier alpha value is -3.49. The van der Waals surface area contributed by atoms with E-state index in [4.69, 9.17) is 0 Å². The molecule has 3 heterocycles. The van der Waals surface area contributed by atoms with Crippen molar-refractivity contribution in [2.24, 2.45) is 5.92 Å². The number of amides is 3. The van der Waals surface area contributed by atoms with Crippen LogP contribution in [0.1, 0.15) is 44.7 Å². The molecule has 2 aromatic carbocycles. The van der Waals surface area contributed by atoms with Crippen molar-refractivity contribution in [1.29, 1.82) is 0 Å². The summed E-state index contributed by atoms with van der Waals surface area (Å²) in [4.78, 5) is 45.1. The minimum Gasteiger partial charge on any atom is -0.395 e. The van der Waals surface area contributed by atoms with Crippen LogP contribution in [0.2, 0.25) is 0 Å². The van der Waals surface area contributed by atoms with E-state index in [1.807, 2.05) is 59.3 Å². The van der Waals surface area contributed by atoms with Gasteiger partial charge in [0.2, 0.25) is 5.91 Å². The zero-order valence-electron chi connectivity index (χ0n) is 20.0. The van der Waals surface area contributed by atoms with Crippen molar-refractivity contribution in [3.63, 3.8) is 0 Å². The maximum Gasteiger partial charge on any atom is 0.263 e.